The number of rotatable bonds is 7. The highest BCUT2D eigenvalue weighted by Crippen LogP contribution is 2.13. The van der Waals surface area contributed by atoms with Gasteiger partial charge in [-0.25, -0.2) is 0 Å². The van der Waals surface area contributed by atoms with E-state index < -0.39 is 0 Å². The molecule has 0 amide bonds. The van der Waals surface area contributed by atoms with E-state index in [1.54, 1.807) is 20.1 Å². The van der Waals surface area contributed by atoms with Crippen LogP contribution in [0.5, 0.6) is 0 Å². The summed E-state index contributed by atoms with van der Waals surface area (Å²) >= 11 is 0. The highest BCUT2D eigenvalue weighted by atomic mass is 16.5. The van der Waals surface area contributed by atoms with E-state index in [1.807, 2.05) is 6.92 Å². The van der Waals surface area contributed by atoms with Crippen molar-refractivity contribution in [1.82, 2.24) is 0 Å². The van der Waals surface area contributed by atoms with Crippen molar-refractivity contribution >= 4 is 5.78 Å². The van der Waals surface area contributed by atoms with E-state index in [0.29, 0.717) is 0 Å². The molecule has 0 radical (unpaired) electrons. The Hall–Kier alpha value is -0.630. The van der Waals surface area contributed by atoms with Crippen LogP contribution in [-0.2, 0) is 9.53 Å². The minimum Gasteiger partial charge on any atom is -0.377 e. The van der Waals surface area contributed by atoms with Gasteiger partial charge in [-0.15, -0.1) is 0 Å². The summed E-state index contributed by atoms with van der Waals surface area (Å²) in [4.78, 5) is 10.9. The number of ether oxygens (including phenoxy) is 1. The molecule has 0 saturated heterocycles. The number of ketones is 1. The lowest BCUT2D eigenvalue weighted by molar-refractivity contribution is -0.112. The molecule has 0 heterocycles. The summed E-state index contributed by atoms with van der Waals surface area (Å²) in [5.41, 5.74) is 1.04. The fraction of sp³-hybridized carbons (Fsp3) is 0.750. The van der Waals surface area contributed by atoms with Crippen molar-refractivity contribution in [2.45, 2.75) is 52.6 Å². The lowest BCUT2D eigenvalue weighted by Gasteiger charge is -2.15. The number of carbonyl (C=O) groups is 1. The number of methoxy groups -OCH3 is 1. The monoisotopic (exact) mass is 198 g/mol. The van der Waals surface area contributed by atoms with Crippen LogP contribution in [0, 0.1) is 0 Å². The van der Waals surface area contributed by atoms with Crippen LogP contribution in [-0.4, -0.2) is 19.0 Å². The Morgan fingerprint density at radius 2 is 2.00 bits per heavy atom. The average molecular weight is 198 g/mol. The van der Waals surface area contributed by atoms with Crippen molar-refractivity contribution in [3.05, 3.63) is 11.6 Å². The molecule has 0 aromatic rings. The molecular weight excluding hydrogens is 176 g/mol. The summed E-state index contributed by atoms with van der Waals surface area (Å²) in [5.74, 6) is 0.0973. The third-order valence-corrected chi connectivity index (χ3v) is 2.29. The first kappa shape index (κ1) is 13.4. The smallest absolute Gasteiger partial charge is 0.152 e. The molecule has 0 bridgehead atoms. The molecule has 0 N–H and O–H groups in total. The van der Waals surface area contributed by atoms with Gasteiger partial charge in [-0.3, -0.25) is 4.79 Å². The summed E-state index contributed by atoms with van der Waals surface area (Å²) in [7, 11) is 1.70. The van der Waals surface area contributed by atoms with Gasteiger partial charge in [-0.1, -0.05) is 26.2 Å². The number of hydrogen-bond donors (Lipinski definition) is 0. The molecule has 14 heavy (non-hydrogen) atoms. The van der Waals surface area contributed by atoms with Gasteiger partial charge in [0.2, 0.25) is 0 Å². The van der Waals surface area contributed by atoms with Gasteiger partial charge in [-0.2, -0.15) is 0 Å². The zero-order valence-electron chi connectivity index (χ0n) is 9.80. The second-order valence-electron chi connectivity index (χ2n) is 3.72. The average Bonchev–Trinajstić information content (AvgIpc) is 2.11. The Kier molecular flexibility index (Phi) is 7.40. The van der Waals surface area contributed by atoms with Crippen molar-refractivity contribution in [3.8, 4) is 0 Å². The molecule has 0 aromatic heterocycles. The van der Waals surface area contributed by atoms with Gasteiger partial charge in [0.1, 0.15) is 0 Å². The Morgan fingerprint density at radius 3 is 2.43 bits per heavy atom. The van der Waals surface area contributed by atoms with Gasteiger partial charge in [0, 0.05) is 7.11 Å². The first-order valence-corrected chi connectivity index (χ1v) is 5.33. The SMILES string of the molecule is CCCCCC(OC)/C(C)=C/C(C)=O. The quantitative estimate of drug-likeness (QED) is 0.464. The highest BCUT2D eigenvalue weighted by molar-refractivity contribution is 5.87. The molecule has 82 valence electrons. The van der Waals surface area contributed by atoms with Crippen LogP contribution >= 0.6 is 0 Å². The maximum Gasteiger partial charge on any atom is 0.152 e. The summed E-state index contributed by atoms with van der Waals surface area (Å²) in [6, 6.07) is 0. The Labute approximate surface area is 87.3 Å². The fourth-order valence-corrected chi connectivity index (χ4v) is 1.52. The molecule has 0 aliphatic carbocycles. The van der Waals surface area contributed by atoms with Gasteiger partial charge in [0.25, 0.3) is 0 Å². The van der Waals surface area contributed by atoms with Crippen LogP contribution < -0.4 is 0 Å². The van der Waals surface area contributed by atoms with E-state index in [2.05, 4.69) is 6.92 Å². The minimum absolute atomic E-state index is 0.0973. The molecule has 0 rings (SSSR count). The first-order chi connectivity index (χ1) is 6.61. The van der Waals surface area contributed by atoms with Crippen LogP contribution in [0.25, 0.3) is 0 Å². The fourth-order valence-electron chi connectivity index (χ4n) is 1.52. The van der Waals surface area contributed by atoms with Crippen LogP contribution in [0.4, 0.5) is 0 Å². The Morgan fingerprint density at radius 1 is 1.36 bits per heavy atom. The number of hydrogen-bond acceptors (Lipinski definition) is 2. The van der Waals surface area contributed by atoms with Gasteiger partial charge in [-0.05, 0) is 31.9 Å². The molecule has 2 nitrogen and oxygen atoms in total. The molecule has 0 saturated carbocycles. The lowest BCUT2D eigenvalue weighted by Crippen LogP contribution is -2.12. The largest absolute Gasteiger partial charge is 0.377 e. The van der Waals surface area contributed by atoms with Crippen LogP contribution in [0.1, 0.15) is 46.5 Å². The number of allylic oxidation sites excluding steroid dienone is 1. The zero-order valence-corrected chi connectivity index (χ0v) is 9.80. The van der Waals surface area contributed by atoms with Crippen LogP contribution in [0.2, 0.25) is 0 Å². The van der Waals surface area contributed by atoms with E-state index in [4.69, 9.17) is 4.74 Å². The molecule has 1 atom stereocenters. The van der Waals surface area contributed by atoms with Crippen molar-refractivity contribution < 1.29 is 9.53 Å². The second-order valence-corrected chi connectivity index (χ2v) is 3.72. The molecule has 0 aromatic carbocycles. The molecule has 0 spiro atoms. The normalized spacial score (nSPS) is 14.1. The first-order valence-electron chi connectivity index (χ1n) is 5.33. The predicted molar refractivity (Wildman–Crippen MR) is 59.4 cm³/mol. The third-order valence-electron chi connectivity index (χ3n) is 2.29. The highest BCUT2D eigenvalue weighted by Gasteiger charge is 2.09. The van der Waals surface area contributed by atoms with E-state index >= 15 is 0 Å². The molecule has 0 aliphatic heterocycles. The molecule has 1 unspecified atom stereocenters. The maximum absolute atomic E-state index is 10.9. The van der Waals surface area contributed by atoms with Crippen molar-refractivity contribution in [2.24, 2.45) is 0 Å². The van der Waals surface area contributed by atoms with Gasteiger partial charge in [0.15, 0.2) is 5.78 Å². The van der Waals surface area contributed by atoms with Gasteiger partial charge >= 0.3 is 0 Å². The van der Waals surface area contributed by atoms with Gasteiger partial charge in [0.05, 0.1) is 6.10 Å². The standard InChI is InChI=1S/C12H22O2/c1-5-6-7-8-12(14-4)10(2)9-11(3)13/h9,12H,5-8H2,1-4H3/b10-9+. The van der Waals surface area contributed by atoms with Crippen molar-refractivity contribution in [1.29, 1.82) is 0 Å². The van der Waals surface area contributed by atoms with Gasteiger partial charge < -0.3 is 4.74 Å². The second kappa shape index (κ2) is 7.74. The summed E-state index contributed by atoms with van der Waals surface area (Å²) < 4.78 is 5.34. The predicted octanol–water partition coefficient (Wildman–Crippen LogP) is 3.12. The van der Waals surface area contributed by atoms with Crippen LogP contribution in [0.3, 0.4) is 0 Å². The minimum atomic E-state index is 0.0973. The summed E-state index contributed by atoms with van der Waals surface area (Å²) in [6.45, 7) is 5.71. The van der Waals surface area contributed by atoms with Crippen molar-refractivity contribution in [3.63, 3.8) is 0 Å². The molecule has 0 aliphatic rings. The number of unbranched alkanes of at least 4 members (excludes halogenated alkanes) is 2. The molecule has 0 fully saturated rings. The van der Waals surface area contributed by atoms with E-state index in [0.717, 1.165) is 18.4 Å². The van der Waals surface area contributed by atoms with Crippen LogP contribution in [0.15, 0.2) is 11.6 Å². The maximum atomic E-state index is 10.9. The molecular formula is C12H22O2. The lowest BCUT2D eigenvalue weighted by atomic mass is 10.0. The van der Waals surface area contributed by atoms with Crippen molar-refractivity contribution in [2.75, 3.05) is 7.11 Å². The number of carbonyl (C=O) groups excluding carboxylic acids is 1. The van der Waals surface area contributed by atoms with E-state index in [-0.39, 0.29) is 11.9 Å². The zero-order chi connectivity index (χ0) is 11.0. The molecule has 2 heteroatoms. The Balaban J connectivity index is 4.05. The summed E-state index contributed by atoms with van der Waals surface area (Å²) in [6.07, 6.45) is 6.41. The third kappa shape index (κ3) is 5.92. The Bertz CT molecular complexity index is 194. The summed E-state index contributed by atoms with van der Waals surface area (Å²) in [5, 5.41) is 0. The van der Waals surface area contributed by atoms with E-state index in [1.165, 1.54) is 12.8 Å². The van der Waals surface area contributed by atoms with E-state index in [9.17, 15) is 4.79 Å². The topological polar surface area (TPSA) is 26.3 Å².